The number of hydrogen-bond acceptors (Lipinski definition) is 3. The van der Waals surface area contributed by atoms with Crippen LogP contribution in [0.1, 0.15) is 12.8 Å². The molecule has 1 saturated heterocycles. The second-order valence-corrected chi connectivity index (χ2v) is 3.15. The highest BCUT2D eigenvalue weighted by molar-refractivity contribution is 5.15. The number of hydrogen-bond donors (Lipinski definition) is 0. The van der Waals surface area contributed by atoms with E-state index in [-0.39, 0.29) is 6.10 Å². The van der Waals surface area contributed by atoms with Crippen molar-refractivity contribution in [2.45, 2.75) is 18.9 Å². The van der Waals surface area contributed by atoms with Gasteiger partial charge in [0.1, 0.15) is 11.9 Å². The summed E-state index contributed by atoms with van der Waals surface area (Å²) in [5.74, 6) is 0.831. The van der Waals surface area contributed by atoms with Crippen molar-refractivity contribution >= 4 is 0 Å². The van der Waals surface area contributed by atoms with Crippen LogP contribution in [0.2, 0.25) is 0 Å². The van der Waals surface area contributed by atoms with Crippen LogP contribution >= 0.6 is 0 Å². The molecule has 0 N–H and O–H groups in total. The summed E-state index contributed by atoms with van der Waals surface area (Å²) in [6.07, 6.45) is 5.84. The van der Waals surface area contributed by atoms with E-state index in [1.807, 2.05) is 12.1 Å². The van der Waals surface area contributed by atoms with Crippen LogP contribution in [0.25, 0.3) is 0 Å². The van der Waals surface area contributed by atoms with E-state index in [4.69, 9.17) is 9.47 Å². The highest BCUT2D eigenvalue weighted by Crippen LogP contribution is 2.15. The zero-order valence-corrected chi connectivity index (χ0v) is 7.48. The van der Waals surface area contributed by atoms with Gasteiger partial charge in [0.05, 0.1) is 12.8 Å². The van der Waals surface area contributed by atoms with Gasteiger partial charge in [0.25, 0.3) is 0 Å². The first-order valence-corrected chi connectivity index (χ1v) is 4.59. The number of nitrogens with zero attached hydrogens (tertiary/aromatic N) is 1. The fraction of sp³-hybridized carbons (Fsp3) is 0.500. The summed E-state index contributed by atoms with van der Waals surface area (Å²) >= 11 is 0. The summed E-state index contributed by atoms with van der Waals surface area (Å²) in [7, 11) is 0. The Morgan fingerprint density at radius 2 is 2.54 bits per heavy atom. The second-order valence-electron chi connectivity index (χ2n) is 3.15. The zero-order valence-electron chi connectivity index (χ0n) is 7.48. The Morgan fingerprint density at radius 3 is 3.23 bits per heavy atom. The number of aromatic nitrogens is 1. The lowest BCUT2D eigenvalue weighted by molar-refractivity contribution is 0.00728. The largest absolute Gasteiger partial charge is 0.486 e. The molecule has 0 saturated carbocycles. The molecular weight excluding hydrogens is 166 g/mol. The lowest BCUT2D eigenvalue weighted by Crippen LogP contribution is -2.27. The fourth-order valence-corrected chi connectivity index (χ4v) is 1.41. The summed E-state index contributed by atoms with van der Waals surface area (Å²) in [4.78, 5) is 3.98. The molecule has 1 atom stereocenters. The van der Waals surface area contributed by atoms with Gasteiger partial charge in [0, 0.05) is 12.8 Å². The van der Waals surface area contributed by atoms with Gasteiger partial charge in [0.2, 0.25) is 0 Å². The van der Waals surface area contributed by atoms with E-state index in [1.165, 1.54) is 0 Å². The van der Waals surface area contributed by atoms with Crippen LogP contribution in [0.3, 0.4) is 0 Å². The monoisotopic (exact) mass is 179 g/mol. The average Bonchev–Trinajstić information content (AvgIpc) is 2.21. The number of ether oxygens (including phenoxy) is 2. The maximum Gasteiger partial charge on any atom is 0.138 e. The molecule has 1 aromatic rings. The maximum atomic E-state index is 5.67. The Balaban J connectivity index is 1.90. The molecule has 1 aliphatic rings. The summed E-state index contributed by atoms with van der Waals surface area (Å²) in [6, 6.07) is 3.79. The molecule has 1 aromatic heterocycles. The SMILES string of the molecule is c1cncc(OC2CCCOC2)c1. The molecule has 1 aliphatic heterocycles. The smallest absolute Gasteiger partial charge is 0.138 e. The summed E-state index contributed by atoms with van der Waals surface area (Å²) < 4.78 is 11.0. The quantitative estimate of drug-likeness (QED) is 0.691. The van der Waals surface area contributed by atoms with E-state index in [1.54, 1.807) is 12.4 Å². The molecule has 0 spiro atoms. The van der Waals surface area contributed by atoms with Gasteiger partial charge < -0.3 is 9.47 Å². The van der Waals surface area contributed by atoms with Crippen molar-refractivity contribution in [2.75, 3.05) is 13.2 Å². The van der Waals surface area contributed by atoms with Crippen LogP contribution in [0.5, 0.6) is 5.75 Å². The molecule has 13 heavy (non-hydrogen) atoms. The molecule has 70 valence electrons. The number of rotatable bonds is 2. The van der Waals surface area contributed by atoms with Gasteiger partial charge in [-0.1, -0.05) is 0 Å². The van der Waals surface area contributed by atoms with Gasteiger partial charge in [0.15, 0.2) is 0 Å². The first kappa shape index (κ1) is 8.51. The minimum atomic E-state index is 0.206. The molecule has 0 radical (unpaired) electrons. The molecule has 0 aromatic carbocycles. The summed E-state index contributed by atoms with van der Waals surface area (Å²) in [5, 5.41) is 0. The molecule has 1 fully saturated rings. The van der Waals surface area contributed by atoms with Crippen LogP contribution in [0.15, 0.2) is 24.5 Å². The summed E-state index contributed by atoms with van der Waals surface area (Å²) in [5.41, 5.74) is 0. The van der Waals surface area contributed by atoms with Crippen LogP contribution in [0.4, 0.5) is 0 Å². The Kier molecular flexibility index (Phi) is 2.77. The van der Waals surface area contributed by atoms with E-state index >= 15 is 0 Å². The van der Waals surface area contributed by atoms with E-state index in [2.05, 4.69) is 4.98 Å². The highest BCUT2D eigenvalue weighted by atomic mass is 16.5. The molecule has 0 amide bonds. The average molecular weight is 179 g/mol. The Hall–Kier alpha value is -1.09. The molecule has 3 heteroatoms. The predicted octanol–water partition coefficient (Wildman–Crippen LogP) is 1.64. The molecular formula is C10H13NO2. The third-order valence-corrected chi connectivity index (χ3v) is 2.06. The first-order valence-electron chi connectivity index (χ1n) is 4.59. The van der Waals surface area contributed by atoms with Crippen molar-refractivity contribution < 1.29 is 9.47 Å². The zero-order chi connectivity index (χ0) is 8.93. The van der Waals surface area contributed by atoms with Gasteiger partial charge >= 0.3 is 0 Å². The number of pyridine rings is 1. The molecule has 2 heterocycles. The molecule has 1 unspecified atom stereocenters. The molecule has 0 aliphatic carbocycles. The molecule has 3 nitrogen and oxygen atoms in total. The van der Waals surface area contributed by atoms with E-state index in [9.17, 15) is 0 Å². The van der Waals surface area contributed by atoms with Crippen LogP contribution < -0.4 is 4.74 Å². The Bertz CT molecular complexity index is 244. The van der Waals surface area contributed by atoms with E-state index in [0.29, 0.717) is 6.61 Å². The van der Waals surface area contributed by atoms with Crippen LogP contribution in [-0.2, 0) is 4.74 Å². The van der Waals surface area contributed by atoms with Crippen molar-refractivity contribution in [3.63, 3.8) is 0 Å². The van der Waals surface area contributed by atoms with Crippen molar-refractivity contribution in [3.8, 4) is 5.75 Å². The topological polar surface area (TPSA) is 31.4 Å². The van der Waals surface area contributed by atoms with E-state index < -0.39 is 0 Å². The van der Waals surface area contributed by atoms with Gasteiger partial charge in [-0.2, -0.15) is 0 Å². The normalized spacial score (nSPS) is 22.6. The predicted molar refractivity (Wildman–Crippen MR) is 48.7 cm³/mol. The van der Waals surface area contributed by atoms with Crippen molar-refractivity contribution in [2.24, 2.45) is 0 Å². The van der Waals surface area contributed by atoms with E-state index in [0.717, 1.165) is 25.2 Å². The van der Waals surface area contributed by atoms with Crippen molar-refractivity contribution in [1.29, 1.82) is 0 Å². The first-order chi connectivity index (χ1) is 6.45. The fourth-order valence-electron chi connectivity index (χ4n) is 1.41. The van der Waals surface area contributed by atoms with Gasteiger partial charge in [-0.15, -0.1) is 0 Å². The van der Waals surface area contributed by atoms with Crippen molar-refractivity contribution in [1.82, 2.24) is 4.98 Å². The minimum Gasteiger partial charge on any atom is -0.486 e. The van der Waals surface area contributed by atoms with Crippen molar-refractivity contribution in [3.05, 3.63) is 24.5 Å². The Labute approximate surface area is 77.7 Å². The highest BCUT2D eigenvalue weighted by Gasteiger charge is 2.14. The standard InChI is InChI=1S/C10H13NO2/c1-3-9(7-11-5-1)13-10-4-2-6-12-8-10/h1,3,5,7,10H,2,4,6,8H2. The lowest BCUT2D eigenvalue weighted by atomic mass is 10.2. The molecule has 2 rings (SSSR count). The van der Waals surface area contributed by atoms with Crippen LogP contribution in [-0.4, -0.2) is 24.3 Å². The van der Waals surface area contributed by atoms with Gasteiger partial charge in [-0.3, -0.25) is 4.98 Å². The van der Waals surface area contributed by atoms with Crippen LogP contribution in [0, 0.1) is 0 Å². The minimum absolute atomic E-state index is 0.206. The summed E-state index contributed by atoms with van der Waals surface area (Å²) in [6.45, 7) is 1.57. The second kappa shape index (κ2) is 4.23. The maximum absolute atomic E-state index is 5.67. The lowest BCUT2D eigenvalue weighted by Gasteiger charge is -2.22. The van der Waals surface area contributed by atoms with Gasteiger partial charge in [-0.05, 0) is 25.0 Å². The third kappa shape index (κ3) is 2.42. The molecule has 0 bridgehead atoms. The third-order valence-electron chi connectivity index (χ3n) is 2.06. The van der Waals surface area contributed by atoms with Gasteiger partial charge in [-0.25, -0.2) is 0 Å². The Morgan fingerprint density at radius 1 is 1.54 bits per heavy atom.